The van der Waals surface area contributed by atoms with Crippen LogP contribution in [-0.2, 0) is 14.8 Å². The highest BCUT2D eigenvalue weighted by Gasteiger charge is 2.24. The van der Waals surface area contributed by atoms with Gasteiger partial charge in [0.2, 0.25) is 0 Å². The SMILES string of the molecule is COc1cc(C=CC(=O)O)cc(S(=O)(=O)Nc2ccc3c(c2)OCCCO3)c1OC. The van der Waals surface area contributed by atoms with Crippen LogP contribution in [0.15, 0.2) is 41.3 Å². The van der Waals surface area contributed by atoms with E-state index in [1.807, 2.05) is 0 Å². The Kier molecular flexibility index (Phi) is 6.36. The van der Waals surface area contributed by atoms with Crippen molar-refractivity contribution in [2.75, 3.05) is 32.2 Å². The molecule has 2 N–H and O–H groups in total. The lowest BCUT2D eigenvalue weighted by atomic mass is 10.2. The molecule has 1 heterocycles. The number of carbonyl (C=O) groups is 1. The monoisotopic (exact) mass is 435 g/mol. The number of methoxy groups -OCH3 is 2. The Morgan fingerprint density at radius 2 is 1.83 bits per heavy atom. The number of hydrogen-bond acceptors (Lipinski definition) is 7. The first-order chi connectivity index (χ1) is 14.3. The minimum absolute atomic E-state index is 0.00758. The van der Waals surface area contributed by atoms with Crippen molar-refractivity contribution in [1.82, 2.24) is 0 Å². The molecule has 0 aliphatic carbocycles. The molecule has 2 aromatic carbocycles. The summed E-state index contributed by atoms with van der Waals surface area (Å²) in [6, 6.07) is 7.50. The van der Waals surface area contributed by atoms with Gasteiger partial charge in [-0.15, -0.1) is 0 Å². The molecule has 0 fully saturated rings. The number of sulfonamides is 1. The average Bonchev–Trinajstić information content (AvgIpc) is 2.96. The third-order valence-electron chi connectivity index (χ3n) is 4.17. The normalized spacial score (nSPS) is 13.5. The molecule has 0 saturated carbocycles. The van der Waals surface area contributed by atoms with Gasteiger partial charge in [-0.2, -0.15) is 0 Å². The molecular weight excluding hydrogens is 414 g/mol. The van der Waals surface area contributed by atoms with Gasteiger partial charge in [-0.05, 0) is 35.9 Å². The summed E-state index contributed by atoms with van der Waals surface area (Å²) in [5.74, 6) is -0.0544. The summed E-state index contributed by atoms with van der Waals surface area (Å²) in [5, 5.41) is 8.85. The zero-order valence-electron chi connectivity index (χ0n) is 16.4. The van der Waals surface area contributed by atoms with Crippen LogP contribution in [0.3, 0.4) is 0 Å². The third kappa shape index (κ3) is 4.77. The van der Waals surface area contributed by atoms with E-state index in [1.165, 1.54) is 38.5 Å². The van der Waals surface area contributed by atoms with Crippen molar-refractivity contribution in [3.8, 4) is 23.0 Å². The van der Waals surface area contributed by atoms with Gasteiger partial charge in [-0.25, -0.2) is 13.2 Å². The van der Waals surface area contributed by atoms with Gasteiger partial charge in [0.25, 0.3) is 10.0 Å². The number of hydrogen-bond donors (Lipinski definition) is 2. The Balaban J connectivity index is 2.01. The van der Waals surface area contributed by atoms with E-state index in [-0.39, 0.29) is 22.1 Å². The molecule has 2 aromatic rings. The molecule has 0 saturated heterocycles. The van der Waals surface area contributed by atoms with E-state index in [9.17, 15) is 13.2 Å². The van der Waals surface area contributed by atoms with E-state index in [0.29, 0.717) is 30.3 Å². The quantitative estimate of drug-likeness (QED) is 0.637. The first-order valence-corrected chi connectivity index (χ1v) is 10.4. The number of nitrogens with one attached hydrogen (secondary N) is 1. The molecular formula is C20H21NO8S. The number of benzene rings is 2. The molecule has 0 bridgehead atoms. The van der Waals surface area contributed by atoms with Gasteiger partial charge in [0, 0.05) is 18.6 Å². The highest BCUT2D eigenvalue weighted by molar-refractivity contribution is 7.92. The van der Waals surface area contributed by atoms with Gasteiger partial charge in [-0.1, -0.05) is 0 Å². The Morgan fingerprint density at radius 1 is 1.10 bits per heavy atom. The summed E-state index contributed by atoms with van der Waals surface area (Å²) in [6.45, 7) is 0.984. The number of rotatable bonds is 7. The molecule has 30 heavy (non-hydrogen) atoms. The van der Waals surface area contributed by atoms with Crippen LogP contribution < -0.4 is 23.7 Å². The van der Waals surface area contributed by atoms with Crippen LogP contribution in [0.1, 0.15) is 12.0 Å². The number of carboxylic acids is 1. The van der Waals surface area contributed by atoms with E-state index >= 15 is 0 Å². The maximum absolute atomic E-state index is 13.1. The highest BCUT2D eigenvalue weighted by atomic mass is 32.2. The van der Waals surface area contributed by atoms with Crippen LogP contribution in [0.2, 0.25) is 0 Å². The predicted molar refractivity (Wildman–Crippen MR) is 109 cm³/mol. The summed E-state index contributed by atoms with van der Waals surface area (Å²) < 4.78 is 50.3. The average molecular weight is 435 g/mol. The fourth-order valence-electron chi connectivity index (χ4n) is 2.85. The van der Waals surface area contributed by atoms with E-state index in [4.69, 9.17) is 24.1 Å². The maximum atomic E-state index is 13.1. The Bertz CT molecular complexity index is 1080. The maximum Gasteiger partial charge on any atom is 0.328 e. The van der Waals surface area contributed by atoms with Crippen LogP contribution in [-0.4, -0.2) is 46.9 Å². The van der Waals surface area contributed by atoms with Crippen molar-refractivity contribution in [3.63, 3.8) is 0 Å². The third-order valence-corrected chi connectivity index (χ3v) is 5.56. The van der Waals surface area contributed by atoms with E-state index in [2.05, 4.69) is 4.72 Å². The molecule has 0 amide bonds. The molecule has 0 aromatic heterocycles. The Hall–Kier alpha value is -3.40. The second kappa shape index (κ2) is 8.95. The topological polar surface area (TPSA) is 120 Å². The largest absolute Gasteiger partial charge is 0.493 e. The molecule has 10 heteroatoms. The van der Waals surface area contributed by atoms with Crippen LogP contribution >= 0.6 is 0 Å². The summed E-state index contributed by atoms with van der Waals surface area (Å²) in [4.78, 5) is 10.6. The fraction of sp³-hybridized carbons (Fsp3) is 0.250. The first kappa shape index (κ1) is 21.3. The molecule has 0 unspecified atom stereocenters. The number of carboxylic acid groups (broad SMARTS) is 1. The smallest absolute Gasteiger partial charge is 0.328 e. The van der Waals surface area contributed by atoms with Crippen LogP contribution in [0, 0.1) is 0 Å². The van der Waals surface area contributed by atoms with E-state index in [1.54, 1.807) is 12.1 Å². The van der Waals surface area contributed by atoms with Gasteiger partial charge in [0.1, 0.15) is 4.90 Å². The van der Waals surface area contributed by atoms with Crippen LogP contribution in [0.25, 0.3) is 6.08 Å². The van der Waals surface area contributed by atoms with Crippen molar-refractivity contribution >= 4 is 27.8 Å². The van der Waals surface area contributed by atoms with Crippen molar-refractivity contribution in [3.05, 3.63) is 42.0 Å². The molecule has 1 aliphatic heterocycles. The Labute approximate surface area is 173 Å². The number of ether oxygens (including phenoxy) is 4. The van der Waals surface area contributed by atoms with E-state index < -0.39 is 16.0 Å². The molecule has 1 aliphatic rings. The molecule has 160 valence electrons. The zero-order valence-corrected chi connectivity index (χ0v) is 17.2. The summed E-state index contributed by atoms with van der Waals surface area (Å²) >= 11 is 0. The van der Waals surface area contributed by atoms with Gasteiger partial charge in [0.05, 0.1) is 33.1 Å². The highest BCUT2D eigenvalue weighted by Crippen LogP contribution is 2.38. The predicted octanol–water partition coefficient (Wildman–Crippen LogP) is 2.76. The summed E-state index contributed by atoms with van der Waals surface area (Å²) in [7, 11) is -1.44. The van der Waals surface area contributed by atoms with Gasteiger partial charge >= 0.3 is 5.97 Å². The van der Waals surface area contributed by atoms with Crippen molar-refractivity contribution in [1.29, 1.82) is 0 Å². The van der Waals surface area contributed by atoms with Crippen molar-refractivity contribution in [2.45, 2.75) is 11.3 Å². The molecule has 0 atom stereocenters. The second-order valence-corrected chi connectivity index (χ2v) is 7.89. The molecule has 9 nitrogen and oxygen atoms in total. The van der Waals surface area contributed by atoms with Gasteiger partial charge in [0.15, 0.2) is 23.0 Å². The van der Waals surface area contributed by atoms with Crippen LogP contribution in [0.5, 0.6) is 23.0 Å². The molecule has 3 rings (SSSR count). The molecule has 0 spiro atoms. The molecule has 0 radical (unpaired) electrons. The van der Waals surface area contributed by atoms with E-state index in [0.717, 1.165) is 12.5 Å². The van der Waals surface area contributed by atoms with Crippen molar-refractivity contribution in [2.24, 2.45) is 0 Å². The Morgan fingerprint density at radius 3 is 2.50 bits per heavy atom. The lowest BCUT2D eigenvalue weighted by Crippen LogP contribution is -2.15. The zero-order chi connectivity index (χ0) is 21.7. The van der Waals surface area contributed by atoms with Gasteiger partial charge < -0.3 is 24.1 Å². The first-order valence-electron chi connectivity index (χ1n) is 8.93. The minimum Gasteiger partial charge on any atom is -0.493 e. The fourth-order valence-corrected chi connectivity index (χ4v) is 4.12. The summed E-state index contributed by atoms with van der Waals surface area (Å²) in [6.07, 6.45) is 2.88. The standard InChI is InChI=1S/C20H21NO8S/c1-26-17-10-13(4-7-19(22)23)11-18(20(17)27-2)30(24,25)21-14-5-6-15-16(12-14)29-9-3-8-28-15/h4-7,10-12,21H,3,8-9H2,1-2H3,(H,22,23). The number of fused-ring (bicyclic) bond motifs is 1. The van der Waals surface area contributed by atoms with Crippen LogP contribution in [0.4, 0.5) is 5.69 Å². The summed E-state index contributed by atoms with van der Waals surface area (Å²) in [5.41, 5.74) is 0.584. The number of anilines is 1. The second-order valence-electron chi connectivity index (χ2n) is 6.24. The minimum atomic E-state index is -4.12. The lowest BCUT2D eigenvalue weighted by Gasteiger charge is -2.16. The van der Waals surface area contributed by atoms with Gasteiger partial charge in [-0.3, -0.25) is 4.72 Å². The number of aliphatic carboxylic acids is 1. The van der Waals surface area contributed by atoms with Crippen molar-refractivity contribution < 1.29 is 37.3 Å². The lowest BCUT2D eigenvalue weighted by molar-refractivity contribution is -0.131.